The summed E-state index contributed by atoms with van der Waals surface area (Å²) in [5, 5.41) is 2.72. The van der Waals surface area contributed by atoms with E-state index in [2.05, 4.69) is 5.32 Å². The molecule has 3 aromatic carbocycles. The van der Waals surface area contributed by atoms with Crippen LogP contribution in [0.1, 0.15) is 74.7 Å². The highest BCUT2D eigenvalue weighted by atomic mass is 16.5. The molecule has 1 aliphatic heterocycles. The number of esters is 1. The molecule has 52 heavy (non-hydrogen) atoms. The summed E-state index contributed by atoms with van der Waals surface area (Å²) in [6.45, 7) is 4.56. The number of hydrogen-bond acceptors (Lipinski definition) is 10. The van der Waals surface area contributed by atoms with Gasteiger partial charge in [0, 0.05) is 13.1 Å². The van der Waals surface area contributed by atoms with E-state index in [-0.39, 0.29) is 18.4 Å². The van der Waals surface area contributed by atoms with Gasteiger partial charge in [-0.15, -0.1) is 0 Å². The number of piperidine rings is 1. The van der Waals surface area contributed by atoms with E-state index in [1.807, 2.05) is 38.1 Å². The van der Waals surface area contributed by atoms with Gasteiger partial charge in [-0.1, -0.05) is 25.1 Å². The van der Waals surface area contributed by atoms with Gasteiger partial charge in [-0.05, 0) is 98.5 Å². The van der Waals surface area contributed by atoms with E-state index in [4.69, 9.17) is 33.2 Å². The molecular formula is C40H52N2O10. The fourth-order valence-corrected chi connectivity index (χ4v) is 6.54. The average Bonchev–Trinajstić information content (AvgIpc) is 3.18. The van der Waals surface area contributed by atoms with Crippen molar-refractivity contribution in [1.29, 1.82) is 0 Å². The van der Waals surface area contributed by atoms with E-state index >= 15 is 0 Å². The summed E-state index contributed by atoms with van der Waals surface area (Å²) >= 11 is 0. The maximum atomic E-state index is 14.3. The predicted molar refractivity (Wildman–Crippen MR) is 196 cm³/mol. The number of likely N-dealkylation sites (tertiary alicyclic amines) is 1. The number of hydrogen-bond donors (Lipinski definition) is 1. The molecular weight excluding hydrogens is 668 g/mol. The van der Waals surface area contributed by atoms with Crippen LogP contribution in [0.4, 0.5) is 0 Å². The minimum Gasteiger partial charge on any atom is -0.493 e. The summed E-state index contributed by atoms with van der Waals surface area (Å²) in [5.74, 6) is 1.60. The van der Waals surface area contributed by atoms with Crippen molar-refractivity contribution in [3.05, 3.63) is 71.3 Å². The highest BCUT2D eigenvalue weighted by Crippen LogP contribution is 2.41. The maximum absolute atomic E-state index is 14.3. The van der Waals surface area contributed by atoms with Crippen LogP contribution in [-0.4, -0.2) is 84.0 Å². The smallest absolute Gasteiger partial charge is 0.329 e. The van der Waals surface area contributed by atoms with Gasteiger partial charge in [0.15, 0.2) is 29.6 Å². The number of carbonyl (C=O) groups excluding carboxylic acids is 3. The molecule has 3 aromatic rings. The van der Waals surface area contributed by atoms with Crippen LogP contribution in [0, 0.1) is 0 Å². The second kappa shape index (κ2) is 19.5. The van der Waals surface area contributed by atoms with E-state index in [1.165, 1.54) is 21.3 Å². The Morgan fingerprint density at radius 1 is 0.808 bits per heavy atom. The quantitative estimate of drug-likeness (QED) is 0.155. The van der Waals surface area contributed by atoms with Crippen molar-refractivity contribution >= 4 is 17.8 Å². The lowest BCUT2D eigenvalue weighted by atomic mass is 9.91. The van der Waals surface area contributed by atoms with Crippen LogP contribution in [0.25, 0.3) is 0 Å². The van der Waals surface area contributed by atoms with Crippen LogP contribution in [0.15, 0.2) is 54.6 Å². The summed E-state index contributed by atoms with van der Waals surface area (Å²) < 4.78 is 39.6. The summed E-state index contributed by atoms with van der Waals surface area (Å²) in [6, 6.07) is 15.7. The van der Waals surface area contributed by atoms with E-state index < -0.39 is 24.0 Å². The first kappa shape index (κ1) is 39.7. The lowest BCUT2D eigenvalue weighted by Crippen LogP contribution is -2.50. The molecule has 3 atom stereocenters. The number of ether oxygens (including phenoxy) is 7. The third-order valence-corrected chi connectivity index (χ3v) is 9.23. The average molecular weight is 721 g/mol. The lowest BCUT2D eigenvalue weighted by molar-refractivity contribution is -0.162. The lowest BCUT2D eigenvalue weighted by Gasteiger charge is -2.37. The van der Waals surface area contributed by atoms with Crippen LogP contribution >= 0.6 is 0 Å². The first-order valence-electron chi connectivity index (χ1n) is 17.7. The Morgan fingerprint density at radius 2 is 1.52 bits per heavy atom. The Bertz CT molecular complexity index is 1640. The highest BCUT2D eigenvalue weighted by Gasteiger charge is 2.38. The Kier molecular flexibility index (Phi) is 14.8. The Balaban J connectivity index is 1.61. The minimum atomic E-state index is -0.766. The standard InChI is InChI=1S/C40H52N2O10/c1-8-30(28-23-35(48-5)38(50-7)36(24-28)49-6)39(44)42-20-11-10-15-31(42)40(45)52-32(18-16-26-17-19-33(46-3)34(21-26)47-4)27-13-12-14-29(22-27)51-25-37(43)41-9-2/h12-14,17,19,21-24,30-32H,8-11,15-16,18,20,25H2,1-7H3,(H,41,43)/t30-,31-,32+/m0/s1. The molecule has 12 nitrogen and oxygen atoms in total. The molecule has 0 aromatic heterocycles. The van der Waals surface area contributed by atoms with Gasteiger partial charge in [0.2, 0.25) is 11.7 Å². The minimum absolute atomic E-state index is 0.142. The van der Waals surface area contributed by atoms with E-state index in [1.54, 1.807) is 49.5 Å². The number of aryl methyl sites for hydroxylation is 1. The molecule has 282 valence electrons. The number of nitrogens with zero attached hydrogens (tertiary/aromatic N) is 1. The van der Waals surface area contributed by atoms with Crippen molar-refractivity contribution in [1.82, 2.24) is 10.2 Å². The van der Waals surface area contributed by atoms with Crippen LogP contribution in [0.2, 0.25) is 0 Å². The number of methoxy groups -OCH3 is 5. The van der Waals surface area contributed by atoms with Gasteiger partial charge in [-0.25, -0.2) is 4.79 Å². The second-order valence-corrected chi connectivity index (χ2v) is 12.4. The van der Waals surface area contributed by atoms with Crippen LogP contribution < -0.4 is 33.7 Å². The molecule has 0 radical (unpaired) electrons. The molecule has 0 bridgehead atoms. The van der Waals surface area contributed by atoms with Gasteiger partial charge in [-0.2, -0.15) is 0 Å². The topological polar surface area (TPSA) is 131 Å². The van der Waals surface area contributed by atoms with Crippen molar-refractivity contribution in [2.24, 2.45) is 0 Å². The van der Waals surface area contributed by atoms with E-state index in [0.717, 1.165) is 18.4 Å². The van der Waals surface area contributed by atoms with Gasteiger partial charge in [0.05, 0.1) is 41.5 Å². The zero-order valence-corrected chi connectivity index (χ0v) is 31.3. The molecule has 1 aliphatic rings. The normalized spacial score (nSPS) is 15.1. The van der Waals surface area contributed by atoms with Crippen LogP contribution in [0.5, 0.6) is 34.5 Å². The fraction of sp³-hybridized carbons (Fsp3) is 0.475. The van der Waals surface area contributed by atoms with Crippen LogP contribution in [-0.2, 0) is 25.5 Å². The molecule has 1 heterocycles. The van der Waals surface area contributed by atoms with Crippen molar-refractivity contribution in [3.8, 4) is 34.5 Å². The molecule has 4 rings (SSSR count). The summed E-state index contributed by atoms with van der Waals surface area (Å²) in [7, 11) is 7.77. The van der Waals surface area contributed by atoms with Crippen molar-refractivity contribution in [2.75, 3.05) is 55.2 Å². The first-order valence-corrected chi connectivity index (χ1v) is 17.7. The van der Waals surface area contributed by atoms with Crippen LogP contribution in [0.3, 0.4) is 0 Å². The third kappa shape index (κ3) is 9.80. The zero-order chi connectivity index (χ0) is 37.6. The molecule has 0 spiro atoms. The molecule has 0 unspecified atom stereocenters. The van der Waals surface area contributed by atoms with Crippen molar-refractivity contribution in [2.45, 2.75) is 70.4 Å². The molecule has 0 aliphatic carbocycles. The van der Waals surface area contributed by atoms with Crippen molar-refractivity contribution < 1.29 is 47.5 Å². The monoisotopic (exact) mass is 720 g/mol. The second-order valence-electron chi connectivity index (χ2n) is 12.4. The van der Waals surface area contributed by atoms with Gasteiger partial charge in [0.25, 0.3) is 5.91 Å². The maximum Gasteiger partial charge on any atom is 0.329 e. The Hall–Kier alpha value is -5.13. The van der Waals surface area contributed by atoms with Gasteiger partial charge in [-0.3, -0.25) is 9.59 Å². The zero-order valence-electron chi connectivity index (χ0n) is 31.3. The summed E-state index contributed by atoms with van der Waals surface area (Å²) in [4.78, 5) is 42.3. The molecule has 0 saturated carbocycles. The molecule has 12 heteroatoms. The Labute approximate surface area is 306 Å². The fourth-order valence-electron chi connectivity index (χ4n) is 6.54. The third-order valence-electron chi connectivity index (χ3n) is 9.23. The predicted octanol–water partition coefficient (Wildman–Crippen LogP) is 6.04. The molecule has 2 amide bonds. The molecule has 1 N–H and O–H groups in total. The highest BCUT2D eigenvalue weighted by molar-refractivity contribution is 5.89. The van der Waals surface area contributed by atoms with Crippen molar-refractivity contribution in [3.63, 3.8) is 0 Å². The number of carbonyl (C=O) groups is 3. The SMILES string of the molecule is CCNC(=O)COc1cccc([C@@H](CCc2ccc(OC)c(OC)c2)OC(=O)[C@@H]2CCCCN2C(=O)[C@@H](CC)c2cc(OC)c(OC)c(OC)c2)c1. The molecule has 1 fully saturated rings. The summed E-state index contributed by atoms with van der Waals surface area (Å²) in [6.07, 6.45) is 2.84. The Morgan fingerprint density at radius 3 is 2.15 bits per heavy atom. The number of nitrogens with one attached hydrogen (secondary N) is 1. The van der Waals surface area contributed by atoms with Gasteiger partial charge in [0.1, 0.15) is 17.9 Å². The molecule has 1 saturated heterocycles. The first-order chi connectivity index (χ1) is 25.2. The summed E-state index contributed by atoms with van der Waals surface area (Å²) in [5.41, 5.74) is 2.38. The van der Waals surface area contributed by atoms with E-state index in [9.17, 15) is 14.4 Å². The van der Waals surface area contributed by atoms with E-state index in [0.29, 0.717) is 84.4 Å². The van der Waals surface area contributed by atoms with Gasteiger partial charge < -0.3 is 43.4 Å². The van der Waals surface area contributed by atoms with Gasteiger partial charge >= 0.3 is 5.97 Å². The number of amides is 2. The number of benzene rings is 3. The number of likely N-dealkylation sites (N-methyl/N-ethyl adjacent to an activating group) is 1. The largest absolute Gasteiger partial charge is 0.493 e. The number of rotatable bonds is 18.